The molecule has 0 aromatic heterocycles. The monoisotopic (exact) mass is 330 g/mol. The van der Waals surface area contributed by atoms with Gasteiger partial charge in [-0.15, -0.1) is 11.8 Å². The molecule has 0 heterocycles. The molecule has 0 fully saturated rings. The van der Waals surface area contributed by atoms with Crippen LogP contribution in [0, 0.1) is 6.92 Å². The van der Waals surface area contributed by atoms with Crippen LogP contribution in [0.5, 0.6) is 0 Å². The van der Waals surface area contributed by atoms with Crippen LogP contribution in [0.3, 0.4) is 0 Å². The summed E-state index contributed by atoms with van der Waals surface area (Å²) in [5.41, 5.74) is 2.21. The Labute approximate surface area is 133 Å². The van der Waals surface area contributed by atoms with E-state index in [-0.39, 0.29) is 4.99 Å². The number of hydrogen-bond donors (Lipinski definition) is 0. The highest BCUT2D eigenvalue weighted by Gasteiger charge is 2.37. The number of rotatable bonds is 10. The van der Waals surface area contributed by atoms with E-state index in [2.05, 4.69) is 6.92 Å². The SMILES string of the molecule is CCCCSC(c1ccc(C)cc1)P(=O)(OCC)OCC. The van der Waals surface area contributed by atoms with Gasteiger partial charge in [0.1, 0.15) is 4.99 Å². The van der Waals surface area contributed by atoms with Crippen LogP contribution in [0.15, 0.2) is 24.3 Å². The molecular formula is C16H27O3PS. The van der Waals surface area contributed by atoms with Gasteiger partial charge in [0.25, 0.3) is 0 Å². The van der Waals surface area contributed by atoms with Gasteiger partial charge in [-0.25, -0.2) is 0 Å². The molecule has 1 atom stereocenters. The van der Waals surface area contributed by atoms with Crippen LogP contribution in [-0.4, -0.2) is 19.0 Å². The predicted molar refractivity (Wildman–Crippen MR) is 92.1 cm³/mol. The van der Waals surface area contributed by atoms with Gasteiger partial charge in [-0.3, -0.25) is 4.57 Å². The van der Waals surface area contributed by atoms with Gasteiger partial charge in [-0.2, -0.15) is 0 Å². The first-order chi connectivity index (χ1) is 10.1. The second-order valence-electron chi connectivity index (χ2n) is 4.86. The first kappa shape index (κ1) is 18.8. The fraction of sp³-hybridized carbons (Fsp3) is 0.625. The predicted octanol–water partition coefficient (Wildman–Crippen LogP) is 5.79. The number of thioether (sulfide) groups is 1. The summed E-state index contributed by atoms with van der Waals surface area (Å²) in [5, 5.41) is 0. The van der Waals surface area contributed by atoms with Gasteiger partial charge in [0.15, 0.2) is 0 Å². The summed E-state index contributed by atoms with van der Waals surface area (Å²) in [4.78, 5) is -0.246. The molecular weight excluding hydrogens is 303 g/mol. The Kier molecular flexibility index (Phi) is 8.65. The van der Waals surface area contributed by atoms with Crippen molar-refractivity contribution in [2.45, 2.75) is 45.5 Å². The lowest BCUT2D eigenvalue weighted by Crippen LogP contribution is -2.05. The molecule has 0 aliphatic carbocycles. The maximum Gasteiger partial charge on any atom is 0.347 e. The van der Waals surface area contributed by atoms with Gasteiger partial charge in [-0.05, 0) is 38.5 Å². The molecule has 1 rings (SSSR count). The van der Waals surface area contributed by atoms with Crippen LogP contribution in [0.25, 0.3) is 0 Å². The van der Waals surface area contributed by atoms with E-state index in [1.165, 1.54) is 5.56 Å². The molecule has 0 radical (unpaired) electrons. The second-order valence-corrected chi connectivity index (χ2v) is 8.54. The first-order valence-electron chi connectivity index (χ1n) is 7.64. The standard InChI is InChI=1S/C16H27O3PS/c1-5-8-13-21-16(15-11-9-14(4)10-12-15)20(17,18-6-2)19-7-3/h9-12,16H,5-8,13H2,1-4H3. The molecule has 0 N–H and O–H groups in total. The lowest BCUT2D eigenvalue weighted by atomic mass is 10.2. The summed E-state index contributed by atoms with van der Waals surface area (Å²) < 4.78 is 24.2. The van der Waals surface area contributed by atoms with Crippen molar-refractivity contribution in [1.29, 1.82) is 0 Å². The van der Waals surface area contributed by atoms with E-state index in [0.29, 0.717) is 13.2 Å². The zero-order valence-electron chi connectivity index (χ0n) is 13.5. The van der Waals surface area contributed by atoms with E-state index in [4.69, 9.17) is 9.05 Å². The van der Waals surface area contributed by atoms with Crippen molar-refractivity contribution < 1.29 is 13.6 Å². The average molecular weight is 330 g/mol. The largest absolute Gasteiger partial charge is 0.347 e. The Balaban J connectivity index is 3.03. The third-order valence-corrected chi connectivity index (χ3v) is 7.48. The lowest BCUT2D eigenvalue weighted by Gasteiger charge is -2.26. The zero-order valence-corrected chi connectivity index (χ0v) is 15.2. The molecule has 1 aromatic carbocycles. The Morgan fingerprint density at radius 3 is 2.14 bits per heavy atom. The quantitative estimate of drug-likeness (QED) is 0.401. The molecule has 5 heteroatoms. The molecule has 0 aliphatic rings. The zero-order chi connectivity index (χ0) is 15.7. The highest BCUT2D eigenvalue weighted by molar-refractivity contribution is 8.04. The molecule has 0 amide bonds. The third kappa shape index (κ3) is 5.78. The maximum absolute atomic E-state index is 13.1. The highest BCUT2D eigenvalue weighted by Crippen LogP contribution is 2.65. The summed E-state index contributed by atoms with van der Waals surface area (Å²) >= 11 is 1.68. The van der Waals surface area contributed by atoms with Crippen LogP contribution in [0.1, 0.15) is 49.7 Å². The first-order valence-corrected chi connectivity index (χ1v) is 10.3. The van der Waals surface area contributed by atoms with Crippen LogP contribution in [0.2, 0.25) is 0 Å². The molecule has 0 aliphatic heterocycles. The van der Waals surface area contributed by atoms with Gasteiger partial charge in [0, 0.05) is 0 Å². The molecule has 0 saturated carbocycles. The summed E-state index contributed by atoms with van der Waals surface area (Å²) in [6.07, 6.45) is 2.23. The molecule has 0 saturated heterocycles. The molecule has 0 spiro atoms. The van der Waals surface area contributed by atoms with Crippen molar-refractivity contribution in [3.8, 4) is 0 Å². The Morgan fingerprint density at radius 1 is 1.10 bits per heavy atom. The van der Waals surface area contributed by atoms with Gasteiger partial charge in [0.05, 0.1) is 13.2 Å². The Hall–Kier alpha value is -0.280. The topological polar surface area (TPSA) is 35.5 Å². The van der Waals surface area contributed by atoms with E-state index in [0.717, 1.165) is 24.2 Å². The van der Waals surface area contributed by atoms with E-state index < -0.39 is 7.60 Å². The van der Waals surface area contributed by atoms with Crippen molar-refractivity contribution >= 4 is 19.4 Å². The normalized spacial score (nSPS) is 13.3. The minimum atomic E-state index is -3.14. The van der Waals surface area contributed by atoms with Crippen LogP contribution in [-0.2, 0) is 13.6 Å². The van der Waals surface area contributed by atoms with Crippen molar-refractivity contribution in [1.82, 2.24) is 0 Å². The van der Waals surface area contributed by atoms with E-state index in [1.807, 2.05) is 45.0 Å². The van der Waals surface area contributed by atoms with E-state index in [9.17, 15) is 4.57 Å². The Morgan fingerprint density at radius 2 is 1.67 bits per heavy atom. The fourth-order valence-electron chi connectivity index (χ4n) is 1.97. The third-order valence-electron chi connectivity index (χ3n) is 3.04. The number of aryl methyl sites for hydroxylation is 1. The number of hydrogen-bond acceptors (Lipinski definition) is 4. The number of unbranched alkanes of at least 4 members (excludes halogenated alkanes) is 1. The molecule has 21 heavy (non-hydrogen) atoms. The van der Waals surface area contributed by atoms with E-state index >= 15 is 0 Å². The van der Waals surface area contributed by atoms with Crippen LogP contribution < -0.4 is 0 Å². The minimum absolute atomic E-state index is 0.246. The molecule has 1 aromatic rings. The van der Waals surface area contributed by atoms with Gasteiger partial charge >= 0.3 is 7.60 Å². The van der Waals surface area contributed by atoms with E-state index in [1.54, 1.807) is 11.8 Å². The highest BCUT2D eigenvalue weighted by atomic mass is 32.2. The van der Waals surface area contributed by atoms with Crippen LogP contribution >= 0.6 is 19.4 Å². The summed E-state index contributed by atoms with van der Waals surface area (Å²) in [6, 6.07) is 8.16. The smallest absolute Gasteiger partial charge is 0.308 e. The summed E-state index contributed by atoms with van der Waals surface area (Å²) in [6.45, 7) is 8.71. The maximum atomic E-state index is 13.1. The average Bonchev–Trinajstić information content (AvgIpc) is 2.45. The molecule has 3 nitrogen and oxygen atoms in total. The lowest BCUT2D eigenvalue weighted by molar-refractivity contribution is 0.218. The van der Waals surface area contributed by atoms with Crippen molar-refractivity contribution in [3.05, 3.63) is 35.4 Å². The number of benzene rings is 1. The minimum Gasteiger partial charge on any atom is -0.308 e. The van der Waals surface area contributed by atoms with Crippen molar-refractivity contribution in [3.63, 3.8) is 0 Å². The van der Waals surface area contributed by atoms with Crippen molar-refractivity contribution in [2.75, 3.05) is 19.0 Å². The molecule has 0 bridgehead atoms. The van der Waals surface area contributed by atoms with Gasteiger partial charge < -0.3 is 9.05 Å². The fourth-order valence-corrected chi connectivity index (χ4v) is 6.02. The second kappa shape index (κ2) is 9.68. The molecule has 1 unspecified atom stereocenters. The Bertz CT molecular complexity index is 437. The van der Waals surface area contributed by atoms with Crippen molar-refractivity contribution in [2.24, 2.45) is 0 Å². The summed E-state index contributed by atoms with van der Waals surface area (Å²) in [7, 11) is -3.14. The summed E-state index contributed by atoms with van der Waals surface area (Å²) in [5.74, 6) is 0.958. The van der Waals surface area contributed by atoms with Gasteiger partial charge in [-0.1, -0.05) is 43.2 Å². The van der Waals surface area contributed by atoms with Crippen LogP contribution in [0.4, 0.5) is 0 Å². The molecule has 120 valence electrons. The van der Waals surface area contributed by atoms with Gasteiger partial charge in [0.2, 0.25) is 0 Å².